The standard InChI is InChI=1S/C18H29N/c1-13(2)14-6-8-15(9-7-14)17-11-10-16(17)12-19-18(3,4)5/h6-9,13,16-17,19H,10-12H2,1-5H3. The van der Waals surface area contributed by atoms with Crippen molar-refractivity contribution >= 4 is 0 Å². The molecule has 19 heavy (non-hydrogen) atoms. The summed E-state index contributed by atoms with van der Waals surface area (Å²) in [6.07, 6.45) is 2.73. The van der Waals surface area contributed by atoms with Gasteiger partial charge in [-0.3, -0.25) is 0 Å². The molecule has 0 aromatic heterocycles. The lowest BCUT2D eigenvalue weighted by Gasteiger charge is -2.39. The Labute approximate surface area is 118 Å². The van der Waals surface area contributed by atoms with Crippen LogP contribution in [0.4, 0.5) is 0 Å². The lowest BCUT2D eigenvalue weighted by molar-refractivity contribution is 0.226. The van der Waals surface area contributed by atoms with E-state index in [4.69, 9.17) is 0 Å². The summed E-state index contributed by atoms with van der Waals surface area (Å²) in [5.41, 5.74) is 3.23. The Morgan fingerprint density at radius 1 is 1.11 bits per heavy atom. The second-order valence-electron chi connectivity index (χ2n) is 7.40. The Bertz CT molecular complexity index is 397. The molecule has 0 heterocycles. The Hall–Kier alpha value is -0.820. The molecule has 1 saturated carbocycles. The molecule has 1 fully saturated rings. The zero-order valence-electron chi connectivity index (χ0n) is 13.2. The molecule has 106 valence electrons. The van der Waals surface area contributed by atoms with Crippen molar-refractivity contribution in [1.82, 2.24) is 5.32 Å². The van der Waals surface area contributed by atoms with Crippen LogP contribution in [-0.2, 0) is 0 Å². The molecule has 1 aliphatic rings. The van der Waals surface area contributed by atoms with E-state index in [1.165, 1.54) is 24.0 Å². The lowest BCUT2D eigenvalue weighted by Crippen LogP contribution is -2.42. The largest absolute Gasteiger partial charge is 0.312 e. The maximum atomic E-state index is 3.65. The fourth-order valence-corrected chi connectivity index (χ4v) is 2.82. The third-order valence-corrected chi connectivity index (χ3v) is 4.34. The van der Waals surface area contributed by atoms with E-state index in [0.29, 0.717) is 5.92 Å². The van der Waals surface area contributed by atoms with Crippen molar-refractivity contribution in [2.75, 3.05) is 6.54 Å². The van der Waals surface area contributed by atoms with Crippen molar-refractivity contribution in [3.05, 3.63) is 35.4 Å². The average Bonchev–Trinajstić information content (AvgIpc) is 2.26. The average molecular weight is 259 g/mol. The summed E-state index contributed by atoms with van der Waals surface area (Å²) >= 11 is 0. The molecule has 1 aliphatic carbocycles. The smallest absolute Gasteiger partial charge is 0.00966 e. The summed E-state index contributed by atoms with van der Waals surface area (Å²) in [5, 5.41) is 3.65. The fourth-order valence-electron chi connectivity index (χ4n) is 2.82. The number of hydrogen-bond acceptors (Lipinski definition) is 1. The lowest BCUT2D eigenvalue weighted by atomic mass is 9.69. The van der Waals surface area contributed by atoms with Gasteiger partial charge in [-0.1, -0.05) is 38.1 Å². The van der Waals surface area contributed by atoms with Crippen LogP contribution in [0.15, 0.2) is 24.3 Å². The van der Waals surface area contributed by atoms with Gasteiger partial charge >= 0.3 is 0 Å². The summed E-state index contributed by atoms with van der Waals surface area (Å²) in [7, 11) is 0. The summed E-state index contributed by atoms with van der Waals surface area (Å²) in [6.45, 7) is 12.4. The molecule has 1 aromatic rings. The maximum absolute atomic E-state index is 3.65. The Morgan fingerprint density at radius 2 is 1.74 bits per heavy atom. The van der Waals surface area contributed by atoms with Gasteiger partial charge in [0.15, 0.2) is 0 Å². The highest BCUT2D eigenvalue weighted by Gasteiger charge is 2.32. The second-order valence-corrected chi connectivity index (χ2v) is 7.40. The first-order valence-corrected chi connectivity index (χ1v) is 7.72. The number of benzene rings is 1. The molecule has 1 N–H and O–H groups in total. The van der Waals surface area contributed by atoms with E-state index in [-0.39, 0.29) is 5.54 Å². The first kappa shape index (κ1) is 14.6. The van der Waals surface area contributed by atoms with Gasteiger partial charge < -0.3 is 5.32 Å². The van der Waals surface area contributed by atoms with E-state index in [9.17, 15) is 0 Å². The van der Waals surface area contributed by atoms with Crippen LogP contribution in [0.25, 0.3) is 0 Å². The van der Waals surface area contributed by atoms with Gasteiger partial charge in [0.2, 0.25) is 0 Å². The molecule has 0 aliphatic heterocycles. The van der Waals surface area contributed by atoms with Crippen molar-refractivity contribution in [2.24, 2.45) is 5.92 Å². The zero-order chi connectivity index (χ0) is 14.0. The van der Waals surface area contributed by atoms with Crippen LogP contribution in [0.1, 0.15) is 70.4 Å². The monoisotopic (exact) mass is 259 g/mol. The number of rotatable bonds is 4. The van der Waals surface area contributed by atoms with Gasteiger partial charge in [-0.05, 0) is 69.0 Å². The SMILES string of the molecule is CC(C)c1ccc(C2CCC2CNC(C)(C)C)cc1. The summed E-state index contributed by atoms with van der Waals surface area (Å²) < 4.78 is 0. The quantitative estimate of drug-likeness (QED) is 0.827. The number of hydrogen-bond donors (Lipinski definition) is 1. The summed E-state index contributed by atoms with van der Waals surface area (Å²) in [5.74, 6) is 2.23. The van der Waals surface area contributed by atoms with Crippen LogP contribution >= 0.6 is 0 Å². The molecule has 1 aromatic carbocycles. The molecule has 0 bridgehead atoms. The normalized spacial score (nSPS) is 23.5. The van der Waals surface area contributed by atoms with Gasteiger partial charge in [0.25, 0.3) is 0 Å². The molecule has 0 saturated heterocycles. The van der Waals surface area contributed by atoms with Gasteiger partial charge in [0.05, 0.1) is 0 Å². The van der Waals surface area contributed by atoms with Crippen molar-refractivity contribution in [3.8, 4) is 0 Å². The summed E-state index contributed by atoms with van der Waals surface area (Å²) in [6, 6.07) is 9.33. The van der Waals surface area contributed by atoms with Gasteiger partial charge in [0.1, 0.15) is 0 Å². The molecule has 1 heteroatoms. The highest BCUT2D eigenvalue weighted by molar-refractivity contribution is 5.29. The third kappa shape index (κ3) is 3.82. The van der Waals surface area contributed by atoms with Crippen molar-refractivity contribution in [1.29, 1.82) is 0 Å². The zero-order valence-corrected chi connectivity index (χ0v) is 13.2. The second kappa shape index (κ2) is 5.66. The molecule has 2 unspecified atom stereocenters. The molecule has 2 rings (SSSR count). The van der Waals surface area contributed by atoms with E-state index in [2.05, 4.69) is 64.2 Å². The van der Waals surface area contributed by atoms with Crippen LogP contribution in [0.5, 0.6) is 0 Å². The highest BCUT2D eigenvalue weighted by Crippen LogP contribution is 2.42. The molecular weight excluding hydrogens is 230 g/mol. The third-order valence-electron chi connectivity index (χ3n) is 4.34. The Balaban J connectivity index is 1.95. The minimum absolute atomic E-state index is 0.238. The molecule has 0 radical (unpaired) electrons. The Kier molecular flexibility index (Phi) is 4.35. The van der Waals surface area contributed by atoms with E-state index in [1.54, 1.807) is 0 Å². The molecule has 0 amide bonds. The molecule has 0 spiro atoms. The summed E-state index contributed by atoms with van der Waals surface area (Å²) in [4.78, 5) is 0. The van der Waals surface area contributed by atoms with Crippen molar-refractivity contribution in [2.45, 2.75) is 64.8 Å². The van der Waals surface area contributed by atoms with Crippen LogP contribution in [-0.4, -0.2) is 12.1 Å². The molecule has 1 nitrogen and oxygen atoms in total. The van der Waals surface area contributed by atoms with Crippen LogP contribution < -0.4 is 5.32 Å². The predicted octanol–water partition coefficient (Wildman–Crippen LogP) is 4.69. The topological polar surface area (TPSA) is 12.0 Å². The Morgan fingerprint density at radius 3 is 2.16 bits per heavy atom. The van der Waals surface area contributed by atoms with Crippen LogP contribution in [0.2, 0.25) is 0 Å². The van der Waals surface area contributed by atoms with E-state index in [1.807, 2.05) is 0 Å². The van der Waals surface area contributed by atoms with E-state index >= 15 is 0 Å². The molecular formula is C18H29N. The van der Waals surface area contributed by atoms with Crippen LogP contribution in [0.3, 0.4) is 0 Å². The van der Waals surface area contributed by atoms with E-state index < -0.39 is 0 Å². The number of nitrogens with one attached hydrogen (secondary N) is 1. The fraction of sp³-hybridized carbons (Fsp3) is 0.667. The minimum atomic E-state index is 0.238. The predicted molar refractivity (Wildman–Crippen MR) is 83.8 cm³/mol. The first-order chi connectivity index (χ1) is 8.87. The van der Waals surface area contributed by atoms with Crippen LogP contribution in [0, 0.1) is 5.92 Å². The van der Waals surface area contributed by atoms with Gasteiger partial charge in [-0.2, -0.15) is 0 Å². The maximum Gasteiger partial charge on any atom is 0.00966 e. The first-order valence-electron chi connectivity index (χ1n) is 7.72. The van der Waals surface area contributed by atoms with Crippen molar-refractivity contribution in [3.63, 3.8) is 0 Å². The highest BCUT2D eigenvalue weighted by atomic mass is 14.9. The van der Waals surface area contributed by atoms with Gasteiger partial charge in [-0.15, -0.1) is 0 Å². The minimum Gasteiger partial charge on any atom is -0.312 e. The van der Waals surface area contributed by atoms with Gasteiger partial charge in [-0.25, -0.2) is 0 Å². The van der Waals surface area contributed by atoms with E-state index in [0.717, 1.165) is 18.4 Å². The molecule has 2 atom stereocenters. The van der Waals surface area contributed by atoms with Crippen molar-refractivity contribution < 1.29 is 0 Å². The van der Waals surface area contributed by atoms with Gasteiger partial charge in [0, 0.05) is 5.54 Å².